The third-order valence-electron chi connectivity index (χ3n) is 2.96. The normalized spacial score (nSPS) is 21.2. The van der Waals surface area contributed by atoms with Crippen molar-refractivity contribution in [2.75, 3.05) is 0 Å². The van der Waals surface area contributed by atoms with Gasteiger partial charge in [-0.3, -0.25) is 0 Å². The van der Waals surface area contributed by atoms with Gasteiger partial charge in [-0.1, -0.05) is 0 Å². The Morgan fingerprint density at radius 2 is 1.40 bits per heavy atom. The molecular formula is C11H10I2O2. The minimum absolute atomic E-state index is 0.330. The summed E-state index contributed by atoms with van der Waals surface area (Å²) in [5.41, 5.74) is 0. The molecule has 1 aliphatic carbocycles. The molecule has 1 aromatic carbocycles. The Balaban J connectivity index is 2.05. The monoisotopic (exact) mass is 428 g/mol. The lowest BCUT2D eigenvalue weighted by Gasteiger charge is -2.21. The van der Waals surface area contributed by atoms with Crippen LogP contribution in [0.2, 0.25) is 0 Å². The average Bonchev–Trinajstić information content (AvgIpc) is 2.82. The largest absolute Gasteiger partial charge is 0.447 e. The summed E-state index contributed by atoms with van der Waals surface area (Å²) in [5, 5.41) is 0. The molecule has 0 unspecified atom stereocenters. The van der Waals surface area contributed by atoms with Crippen LogP contribution in [0.25, 0.3) is 0 Å². The van der Waals surface area contributed by atoms with Crippen LogP contribution in [0.1, 0.15) is 25.7 Å². The van der Waals surface area contributed by atoms with E-state index in [1.807, 2.05) is 0 Å². The highest BCUT2D eigenvalue weighted by molar-refractivity contribution is 14.1. The van der Waals surface area contributed by atoms with Crippen LogP contribution in [0.4, 0.5) is 0 Å². The summed E-state index contributed by atoms with van der Waals surface area (Å²) in [6.07, 6.45) is 4.46. The topological polar surface area (TPSA) is 18.5 Å². The molecular weight excluding hydrogens is 418 g/mol. The van der Waals surface area contributed by atoms with E-state index in [1.165, 1.54) is 12.8 Å². The lowest BCUT2D eigenvalue weighted by Crippen LogP contribution is -2.34. The molecule has 2 nitrogen and oxygen atoms in total. The maximum absolute atomic E-state index is 6.03. The van der Waals surface area contributed by atoms with Gasteiger partial charge >= 0.3 is 0 Å². The van der Waals surface area contributed by atoms with Gasteiger partial charge in [0.2, 0.25) is 0 Å². The van der Waals surface area contributed by atoms with Gasteiger partial charge in [-0.15, -0.1) is 0 Å². The number of ether oxygens (including phenoxy) is 2. The Bertz CT molecular complexity index is 378. The van der Waals surface area contributed by atoms with E-state index in [9.17, 15) is 0 Å². The number of benzene rings is 1. The fourth-order valence-corrected chi connectivity index (χ4v) is 3.29. The summed E-state index contributed by atoms with van der Waals surface area (Å²) >= 11 is 4.61. The number of rotatable bonds is 0. The van der Waals surface area contributed by atoms with Crippen LogP contribution in [-0.4, -0.2) is 5.79 Å². The third kappa shape index (κ3) is 1.64. The van der Waals surface area contributed by atoms with Gasteiger partial charge in [0.1, 0.15) is 0 Å². The summed E-state index contributed by atoms with van der Waals surface area (Å²) < 4.78 is 14.4. The molecule has 0 saturated heterocycles. The second kappa shape index (κ2) is 3.65. The van der Waals surface area contributed by atoms with Crippen molar-refractivity contribution in [3.63, 3.8) is 0 Å². The first-order valence-corrected chi connectivity index (χ1v) is 7.22. The molecule has 0 radical (unpaired) electrons. The summed E-state index contributed by atoms with van der Waals surface area (Å²) in [7, 11) is 0. The molecule has 0 atom stereocenters. The van der Waals surface area contributed by atoms with E-state index >= 15 is 0 Å². The van der Waals surface area contributed by atoms with Gasteiger partial charge in [0, 0.05) is 12.8 Å². The predicted molar refractivity (Wildman–Crippen MR) is 74.3 cm³/mol. The van der Waals surface area contributed by atoms with E-state index in [0.717, 1.165) is 31.5 Å². The van der Waals surface area contributed by atoms with Gasteiger partial charge in [0.25, 0.3) is 5.79 Å². The van der Waals surface area contributed by atoms with Gasteiger partial charge in [-0.2, -0.15) is 0 Å². The van der Waals surface area contributed by atoms with Gasteiger partial charge < -0.3 is 9.47 Å². The van der Waals surface area contributed by atoms with Crippen LogP contribution in [0.15, 0.2) is 12.1 Å². The van der Waals surface area contributed by atoms with E-state index in [-0.39, 0.29) is 5.79 Å². The van der Waals surface area contributed by atoms with E-state index in [4.69, 9.17) is 9.47 Å². The molecule has 0 bridgehead atoms. The summed E-state index contributed by atoms with van der Waals surface area (Å²) in [6, 6.07) is 4.16. The SMILES string of the molecule is Ic1ccc(I)c2c1OC1(CCCC1)O2. The summed E-state index contributed by atoms with van der Waals surface area (Å²) in [6.45, 7) is 0. The molecule has 1 heterocycles. The standard InChI is InChI=1S/C11H10I2O2/c12-7-3-4-8(13)10-9(7)14-11(15-10)5-1-2-6-11/h3-4H,1-2,5-6H2. The van der Waals surface area contributed by atoms with E-state index < -0.39 is 0 Å². The number of hydrogen-bond acceptors (Lipinski definition) is 2. The third-order valence-corrected chi connectivity index (χ3v) is 4.66. The van der Waals surface area contributed by atoms with Crippen molar-refractivity contribution < 1.29 is 9.47 Å². The highest BCUT2D eigenvalue weighted by Crippen LogP contribution is 2.50. The first-order chi connectivity index (χ1) is 7.20. The quantitative estimate of drug-likeness (QED) is 0.584. The van der Waals surface area contributed by atoms with E-state index in [2.05, 4.69) is 57.3 Å². The highest BCUT2D eigenvalue weighted by atomic mass is 127. The van der Waals surface area contributed by atoms with Crippen LogP contribution in [0, 0.1) is 7.14 Å². The number of fused-ring (bicyclic) bond motifs is 1. The molecule has 1 saturated carbocycles. The van der Waals surface area contributed by atoms with Crippen LogP contribution >= 0.6 is 45.2 Å². The van der Waals surface area contributed by atoms with Crippen molar-refractivity contribution in [2.45, 2.75) is 31.5 Å². The van der Waals surface area contributed by atoms with Crippen LogP contribution in [0.5, 0.6) is 11.5 Å². The molecule has 2 aliphatic rings. The molecule has 0 N–H and O–H groups in total. The lowest BCUT2D eigenvalue weighted by atomic mass is 10.2. The van der Waals surface area contributed by atoms with Gasteiger partial charge in [0.05, 0.1) is 7.14 Å². The van der Waals surface area contributed by atoms with Gasteiger partial charge in [0.15, 0.2) is 11.5 Å². The van der Waals surface area contributed by atoms with Gasteiger partial charge in [-0.25, -0.2) is 0 Å². The van der Waals surface area contributed by atoms with Crippen molar-refractivity contribution in [2.24, 2.45) is 0 Å². The van der Waals surface area contributed by atoms with Gasteiger partial charge in [-0.05, 0) is 70.2 Å². The minimum atomic E-state index is -0.330. The minimum Gasteiger partial charge on any atom is -0.447 e. The molecule has 1 aromatic rings. The van der Waals surface area contributed by atoms with Crippen LogP contribution in [0.3, 0.4) is 0 Å². The second-order valence-corrected chi connectivity index (χ2v) is 6.33. The first-order valence-electron chi connectivity index (χ1n) is 5.06. The van der Waals surface area contributed by atoms with E-state index in [1.54, 1.807) is 0 Å². The molecule has 1 spiro atoms. The predicted octanol–water partition coefficient (Wildman–Crippen LogP) is 3.94. The van der Waals surface area contributed by atoms with Crippen molar-refractivity contribution >= 4 is 45.2 Å². The molecule has 0 aromatic heterocycles. The molecule has 1 fully saturated rings. The smallest absolute Gasteiger partial charge is 0.251 e. The fraction of sp³-hybridized carbons (Fsp3) is 0.455. The lowest BCUT2D eigenvalue weighted by molar-refractivity contribution is -0.0722. The molecule has 3 rings (SSSR count). The fourth-order valence-electron chi connectivity index (χ4n) is 2.22. The first kappa shape index (κ1) is 10.4. The summed E-state index contributed by atoms with van der Waals surface area (Å²) in [4.78, 5) is 0. The zero-order valence-corrected chi connectivity index (χ0v) is 12.4. The Kier molecular flexibility index (Phi) is 2.54. The maximum Gasteiger partial charge on any atom is 0.251 e. The Morgan fingerprint density at radius 1 is 0.933 bits per heavy atom. The molecule has 80 valence electrons. The van der Waals surface area contributed by atoms with Crippen molar-refractivity contribution in [1.82, 2.24) is 0 Å². The van der Waals surface area contributed by atoms with Crippen LogP contribution < -0.4 is 9.47 Å². The zero-order chi connectivity index (χ0) is 10.5. The number of hydrogen-bond donors (Lipinski definition) is 0. The van der Waals surface area contributed by atoms with Crippen molar-refractivity contribution in [3.8, 4) is 11.5 Å². The highest BCUT2D eigenvalue weighted by Gasteiger charge is 2.45. The Hall–Kier alpha value is 0.280. The van der Waals surface area contributed by atoms with Crippen molar-refractivity contribution in [1.29, 1.82) is 0 Å². The van der Waals surface area contributed by atoms with Crippen LogP contribution in [-0.2, 0) is 0 Å². The second-order valence-electron chi connectivity index (χ2n) is 4.01. The average molecular weight is 428 g/mol. The number of halogens is 2. The Morgan fingerprint density at radius 3 is 1.87 bits per heavy atom. The van der Waals surface area contributed by atoms with Crippen molar-refractivity contribution in [3.05, 3.63) is 19.3 Å². The molecule has 1 aliphatic heterocycles. The Labute approximate surface area is 116 Å². The maximum atomic E-state index is 6.03. The molecule has 4 heteroatoms. The van der Waals surface area contributed by atoms with E-state index in [0.29, 0.717) is 0 Å². The summed E-state index contributed by atoms with van der Waals surface area (Å²) in [5.74, 6) is 1.57. The zero-order valence-electron chi connectivity index (χ0n) is 8.06. The molecule has 0 amide bonds. The molecule has 15 heavy (non-hydrogen) atoms.